The molecule has 0 aromatic heterocycles. The zero-order valence-electron chi connectivity index (χ0n) is 6.72. The van der Waals surface area contributed by atoms with Crippen molar-refractivity contribution in [1.82, 2.24) is 5.32 Å². The molecule has 0 aromatic carbocycles. The Balaban J connectivity index is 1.99. The first-order valence-electron chi connectivity index (χ1n) is 4.22. The number of hydrogen-bond acceptors (Lipinski definition) is 3. The fourth-order valence-corrected chi connectivity index (χ4v) is 1.95. The number of esters is 1. The van der Waals surface area contributed by atoms with Crippen LogP contribution < -0.4 is 5.32 Å². The highest BCUT2D eigenvalue weighted by molar-refractivity contribution is 5.85. The predicted molar refractivity (Wildman–Crippen MR) is 40.1 cm³/mol. The largest absolute Gasteiger partial charge is 0.465 e. The van der Waals surface area contributed by atoms with Crippen molar-refractivity contribution in [2.75, 3.05) is 13.2 Å². The van der Waals surface area contributed by atoms with Gasteiger partial charge in [0.1, 0.15) is 5.54 Å². The topological polar surface area (TPSA) is 38.3 Å². The first kappa shape index (κ1) is 7.10. The predicted octanol–water partition coefficient (Wildman–Crippen LogP) is 0.301. The Morgan fingerprint density at radius 2 is 2.64 bits per heavy atom. The van der Waals surface area contributed by atoms with E-state index in [-0.39, 0.29) is 11.5 Å². The van der Waals surface area contributed by atoms with Crippen LogP contribution in [0, 0.1) is 5.92 Å². The van der Waals surface area contributed by atoms with Gasteiger partial charge in [-0.2, -0.15) is 0 Å². The maximum atomic E-state index is 11.3. The van der Waals surface area contributed by atoms with Crippen molar-refractivity contribution in [1.29, 1.82) is 0 Å². The van der Waals surface area contributed by atoms with Crippen molar-refractivity contribution in [2.24, 2.45) is 5.92 Å². The summed E-state index contributed by atoms with van der Waals surface area (Å²) in [5.74, 6) is 0.532. The van der Waals surface area contributed by atoms with Crippen molar-refractivity contribution >= 4 is 5.97 Å². The average Bonchev–Trinajstić information content (AvgIpc) is 2.57. The van der Waals surface area contributed by atoms with Crippen LogP contribution in [0.3, 0.4) is 0 Å². The summed E-state index contributed by atoms with van der Waals surface area (Å²) in [6, 6.07) is 0. The van der Waals surface area contributed by atoms with Crippen LogP contribution in [0.25, 0.3) is 0 Å². The van der Waals surface area contributed by atoms with E-state index in [1.807, 2.05) is 6.92 Å². The molecule has 1 saturated heterocycles. The van der Waals surface area contributed by atoms with Gasteiger partial charge in [0.15, 0.2) is 0 Å². The highest BCUT2D eigenvalue weighted by atomic mass is 16.5. The van der Waals surface area contributed by atoms with Crippen molar-refractivity contribution in [3.05, 3.63) is 0 Å². The van der Waals surface area contributed by atoms with E-state index < -0.39 is 0 Å². The number of fused-ring (bicyclic) bond motifs is 1. The molecular weight excluding hydrogens is 142 g/mol. The molecule has 0 aromatic rings. The molecule has 2 fully saturated rings. The summed E-state index contributed by atoms with van der Waals surface area (Å²) in [5, 5.41) is 3.22. The minimum Gasteiger partial charge on any atom is -0.465 e. The van der Waals surface area contributed by atoms with E-state index in [9.17, 15) is 4.79 Å². The van der Waals surface area contributed by atoms with Crippen LogP contribution in [-0.2, 0) is 9.53 Å². The number of rotatable bonds is 2. The third-order valence-electron chi connectivity index (χ3n) is 2.68. The van der Waals surface area contributed by atoms with Crippen LogP contribution in [0.5, 0.6) is 0 Å². The number of carbonyl (C=O) groups is 1. The van der Waals surface area contributed by atoms with Crippen molar-refractivity contribution < 1.29 is 9.53 Å². The molecule has 3 nitrogen and oxygen atoms in total. The summed E-state index contributed by atoms with van der Waals surface area (Å²) >= 11 is 0. The maximum absolute atomic E-state index is 11.3. The molecule has 0 bridgehead atoms. The monoisotopic (exact) mass is 155 g/mol. The number of nitrogens with one attached hydrogen (secondary N) is 1. The normalized spacial score (nSPS) is 39.9. The SMILES string of the molecule is CCOC(=O)[C@]12C[C@@H]1CCN2. The Morgan fingerprint density at radius 1 is 1.82 bits per heavy atom. The van der Waals surface area contributed by atoms with Gasteiger partial charge in [-0.05, 0) is 32.2 Å². The summed E-state index contributed by atoms with van der Waals surface area (Å²) in [6.07, 6.45) is 2.13. The van der Waals surface area contributed by atoms with Crippen molar-refractivity contribution in [2.45, 2.75) is 25.3 Å². The van der Waals surface area contributed by atoms with E-state index in [1.165, 1.54) is 0 Å². The van der Waals surface area contributed by atoms with E-state index in [0.717, 1.165) is 19.4 Å². The van der Waals surface area contributed by atoms with E-state index in [0.29, 0.717) is 12.5 Å². The minimum absolute atomic E-state index is 0.0394. The second-order valence-electron chi connectivity index (χ2n) is 3.31. The first-order valence-corrected chi connectivity index (χ1v) is 4.22. The summed E-state index contributed by atoms with van der Waals surface area (Å²) in [6.45, 7) is 3.32. The highest BCUT2D eigenvalue weighted by Gasteiger charge is 2.63. The second kappa shape index (κ2) is 2.21. The smallest absolute Gasteiger partial charge is 0.326 e. The molecule has 0 amide bonds. The van der Waals surface area contributed by atoms with Gasteiger partial charge >= 0.3 is 5.97 Å². The van der Waals surface area contributed by atoms with Gasteiger partial charge < -0.3 is 10.1 Å². The molecule has 0 radical (unpaired) electrons. The molecule has 1 saturated carbocycles. The van der Waals surface area contributed by atoms with Gasteiger partial charge in [0, 0.05) is 0 Å². The van der Waals surface area contributed by atoms with Crippen LogP contribution in [0.4, 0.5) is 0 Å². The van der Waals surface area contributed by atoms with Crippen molar-refractivity contribution in [3.8, 4) is 0 Å². The molecular formula is C8H13NO2. The first-order chi connectivity index (χ1) is 5.29. The van der Waals surface area contributed by atoms with Gasteiger partial charge in [0.25, 0.3) is 0 Å². The van der Waals surface area contributed by atoms with Crippen LogP contribution in [0.1, 0.15) is 19.8 Å². The Bertz CT molecular complexity index is 193. The lowest BCUT2D eigenvalue weighted by Gasteiger charge is -2.10. The molecule has 2 aliphatic rings. The van der Waals surface area contributed by atoms with Gasteiger partial charge in [-0.25, -0.2) is 0 Å². The van der Waals surface area contributed by atoms with Gasteiger partial charge in [-0.1, -0.05) is 0 Å². The lowest BCUT2D eigenvalue weighted by Crippen LogP contribution is -2.38. The lowest BCUT2D eigenvalue weighted by atomic mass is 10.2. The van der Waals surface area contributed by atoms with E-state index in [4.69, 9.17) is 4.74 Å². The van der Waals surface area contributed by atoms with Crippen LogP contribution in [-0.4, -0.2) is 24.7 Å². The Morgan fingerprint density at radius 3 is 3.09 bits per heavy atom. The summed E-state index contributed by atoms with van der Waals surface area (Å²) in [5.41, 5.74) is -0.240. The highest BCUT2D eigenvalue weighted by Crippen LogP contribution is 2.50. The van der Waals surface area contributed by atoms with E-state index in [2.05, 4.69) is 5.32 Å². The van der Waals surface area contributed by atoms with Crippen LogP contribution >= 0.6 is 0 Å². The molecule has 3 heteroatoms. The molecule has 0 spiro atoms. The fraction of sp³-hybridized carbons (Fsp3) is 0.875. The lowest BCUT2D eigenvalue weighted by molar-refractivity contribution is -0.146. The summed E-state index contributed by atoms with van der Waals surface area (Å²) < 4.78 is 4.97. The summed E-state index contributed by atoms with van der Waals surface area (Å²) in [4.78, 5) is 11.3. The summed E-state index contributed by atoms with van der Waals surface area (Å²) in [7, 11) is 0. The van der Waals surface area contributed by atoms with Gasteiger partial charge in [-0.3, -0.25) is 4.79 Å². The molecule has 62 valence electrons. The number of carbonyl (C=O) groups excluding carboxylic acids is 1. The molecule has 1 aliphatic heterocycles. The molecule has 1 aliphatic carbocycles. The van der Waals surface area contributed by atoms with E-state index in [1.54, 1.807) is 0 Å². The molecule has 2 rings (SSSR count). The third kappa shape index (κ3) is 0.872. The minimum atomic E-state index is -0.240. The van der Waals surface area contributed by atoms with Gasteiger partial charge in [0.05, 0.1) is 6.61 Å². The quantitative estimate of drug-likeness (QED) is 0.583. The van der Waals surface area contributed by atoms with Gasteiger partial charge in [-0.15, -0.1) is 0 Å². The molecule has 2 atom stereocenters. The van der Waals surface area contributed by atoms with Crippen molar-refractivity contribution in [3.63, 3.8) is 0 Å². The standard InChI is InChI=1S/C8H13NO2/c1-2-11-7(10)8-5-6(8)3-4-9-8/h6,9H,2-5H2,1H3/t6-,8-/m0/s1. The van der Waals surface area contributed by atoms with Crippen LogP contribution in [0.15, 0.2) is 0 Å². The third-order valence-corrected chi connectivity index (χ3v) is 2.68. The Kier molecular flexibility index (Phi) is 1.42. The molecule has 1 heterocycles. The maximum Gasteiger partial charge on any atom is 0.326 e. The number of ether oxygens (including phenoxy) is 1. The second-order valence-corrected chi connectivity index (χ2v) is 3.31. The Hall–Kier alpha value is -0.570. The number of hydrogen-bond donors (Lipinski definition) is 1. The number of piperidine rings is 1. The molecule has 1 N–H and O–H groups in total. The Labute approximate surface area is 66.1 Å². The zero-order valence-corrected chi connectivity index (χ0v) is 6.72. The van der Waals surface area contributed by atoms with E-state index >= 15 is 0 Å². The molecule has 11 heavy (non-hydrogen) atoms. The van der Waals surface area contributed by atoms with Gasteiger partial charge in [0.2, 0.25) is 0 Å². The molecule has 0 unspecified atom stereocenters. The zero-order chi connectivity index (χ0) is 7.90. The van der Waals surface area contributed by atoms with Crippen LogP contribution in [0.2, 0.25) is 0 Å². The average molecular weight is 155 g/mol. The fourth-order valence-electron chi connectivity index (χ4n) is 1.95.